The molecule has 0 saturated heterocycles. The number of aromatic nitrogens is 2. The van der Waals surface area contributed by atoms with Crippen LogP contribution < -0.4 is 22.2 Å². The van der Waals surface area contributed by atoms with Crippen molar-refractivity contribution in [1.29, 1.82) is 0 Å². The summed E-state index contributed by atoms with van der Waals surface area (Å²) < 4.78 is 0. The van der Waals surface area contributed by atoms with E-state index in [0.717, 1.165) is 0 Å². The Bertz CT molecular complexity index is 688. The average Bonchev–Trinajstić information content (AvgIpc) is 2.27. The molecule has 2 aromatic rings. The Kier molecular flexibility index (Phi) is 2.08. The van der Waals surface area contributed by atoms with E-state index in [1.54, 1.807) is 12.1 Å². The van der Waals surface area contributed by atoms with Crippen molar-refractivity contribution < 1.29 is 10.2 Å². The molecule has 0 saturated carbocycles. The van der Waals surface area contributed by atoms with Gasteiger partial charge in [-0.05, 0) is 24.3 Å². The lowest BCUT2D eigenvalue weighted by Gasteiger charge is -2.34. The molecule has 0 spiro atoms. The first kappa shape index (κ1) is 11.2. The van der Waals surface area contributed by atoms with Crippen LogP contribution in [0.5, 0.6) is 0 Å². The lowest BCUT2D eigenvalue weighted by molar-refractivity contribution is -0.0646. The molecule has 1 aliphatic rings. The Hall–Kier alpha value is -1.86. The molecule has 0 aliphatic heterocycles. The molecule has 92 valence electrons. The van der Waals surface area contributed by atoms with Gasteiger partial charge in [-0.1, -0.05) is 12.1 Å². The SMILES string of the molecule is NC1(O)C=c2nc3ccccc3nc2=CC1(N)O. The fourth-order valence-corrected chi connectivity index (χ4v) is 1.89. The predicted octanol–water partition coefficient (Wildman–Crippen LogP) is -2.50. The van der Waals surface area contributed by atoms with Crippen LogP contribution in [-0.2, 0) is 0 Å². The van der Waals surface area contributed by atoms with E-state index in [-0.39, 0.29) is 0 Å². The summed E-state index contributed by atoms with van der Waals surface area (Å²) in [6.07, 6.45) is 2.42. The second-order valence-electron chi connectivity index (χ2n) is 4.42. The summed E-state index contributed by atoms with van der Waals surface area (Å²) >= 11 is 0. The first-order chi connectivity index (χ1) is 8.39. The Morgan fingerprint density at radius 2 is 1.22 bits per heavy atom. The van der Waals surface area contributed by atoms with E-state index in [1.807, 2.05) is 12.1 Å². The van der Waals surface area contributed by atoms with Crippen molar-refractivity contribution in [2.45, 2.75) is 11.4 Å². The minimum absolute atomic E-state index is 0.397. The van der Waals surface area contributed by atoms with Gasteiger partial charge in [0.25, 0.3) is 0 Å². The number of nitrogens with two attached hydrogens (primary N) is 2. The second kappa shape index (κ2) is 3.33. The van der Waals surface area contributed by atoms with Crippen LogP contribution >= 0.6 is 0 Å². The van der Waals surface area contributed by atoms with Gasteiger partial charge in [0, 0.05) is 0 Å². The van der Waals surface area contributed by atoms with Crippen molar-refractivity contribution in [1.82, 2.24) is 9.97 Å². The standard InChI is InChI=1S/C12H12N4O2/c13-11(17)5-9-10(6-12(11,14)18)16-8-4-2-1-3-7(8)15-9/h1-6,17-18H,13-14H2. The fourth-order valence-electron chi connectivity index (χ4n) is 1.89. The number of fused-ring (bicyclic) bond motifs is 2. The third-order valence-corrected chi connectivity index (χ3v) is 2.98. The molecular formula is C12H12N4O2. The molecule has 0 bridgehead atoms. The van der Waals surface area contributed by atoms with Gasteiger partial charge in [-0.2, -0.15) is 0 Å². The zero-order valence-corrected chi connectivity index (χ0v) is 9.41. The van der Waals surface area contributed by atoms with E-state index < -0.39 is 11.4 Å². The Morgan fingerprint density at radius 3 is 1.61 bits per heavy atom. The highest BCUT2D eigenvalue weighted by Crippen LogP contribution is 2.16. The minimum atomic E-state index is -2.07. The maximum absolute atomic E-state index is 9.87. The van der Waals surface area contributed by atoms with Crippen LogP contribution in [0.1, 0.15) is 0 Å². The van der Waals surface area contributed by atoms with E-state index in [2.05, 4.69) is 9.97 Å². The number of rotatable bonds is 0. The van der Waals surface area contributed by atoms with Gasteiger partial charge in [-0.25, -0.2) is 9.97 Å². The number of aliphatic hydroxyl groups is 2. The zero-order valence-electron chi connectivity index (χ0n) is 9.41. The normalized spacial score (nSPS) is 30.4. The number of hydrogen-bond donors (Lipinski definition) is 4. The van der Waals surface area contributed by atoms with Crippen LogP contribution in [0.3, 0.4) is 0 Å². The van der Waals surface area contributed by atoms with Crippen LogP contribution in [-0.4, -0.2) is 31.6 Å². The molecule has 0 amide bonds. The molecule has 1 aromatic carbocycles. The van der Waals surface area contributed by atoms with Crippen LogP contribution in [0.15, 0.2) is 24.3 Å². The molecule has 0 radical (unpaired) electrons. The predicted molar refractivity (Wildman–Crippen MR) is 66.0 cm³/mol. The quantitative estimate of drug-likeness (QED) is 0.380. The Morgan fingerprint density at radius 1 is 0.833 bits per heavy atom. The van der Waals surface area contributed by atoms with Gasteiger partial charge in [0.15, 0.2) is 11.4 Å². The number of benzene rings is 1. The van der Waals surface area contributed by atoms with Crippen molar-refractivity contribution in [3.05, 3.63) is 35.0 Å². The maximum Gasteiger partial charge on any atom is 0.182 e. The van der Waals surface area contributed by atoms with E-state index in [0.29, 0.717) is 21.7 Å². The number of para-hydroxylation sites is 2. The van der Waals surface area contributed by atoms with Gasteiger partial charge in [0.05, 0.1) is 21.7 Å². The molecule has 1 heterocycles. The molecule has 2 atom stereocenters. The van der Waals surface area contributed by atoms with Gasteiger partial charge < -0.3 is 10.2 Å². The van der Waals surface area contributed by atoms with Gasteiger partial charge in [0.1, 0.15) is 0 Å². The summed E-state index contributed by atoms with van der Waals surface area (Å²) in [7, 11) is 0. The Balaban J connectivity index is 2.43. The van der Waals surface area contributed by atoms with E-state index in [4.69, 9.17) is 11.5 Å². The largest absolute Gasteiger partial charge is 0.368 e. The minimum Gasteiger partial charge on any atom is -0.368 e. The Labute approximate surface area is 102 Å². The molecule has 1 aliphatic carbocycles. The molecule has 2 unspecified atom stereocenters. The monoisotopic (exact) mass is 244 g/mol. The first-order valence-corrected chi connectivity index (χ1v) is 5.40. The lowest BCUT2D eigenvalue weighted by atomic mass is 9.96. The van der Waals surface area contributed by atoms with Gasteiger partial charge in [-0.3, -0.25) is 11.5 Å². The summed E-state index contributed by atoms with van der Waals surface area (Å²) in [5, 5.41) is 20.5. The highest BCUT2D eigenvalue weighted by Gasteiger charge is 2.42. The van der Waals surface area contributed by atoms with Crippen LogP contribution in [0.4, 0.5) is 0 Å². The molecule has 6 nitrogen and oxygen atoms in total. The molecule has 0 fully saturated rings. The topological polar surface area (TPSA) is 118 Å². The highest BCUT2D eigenvalue weighted by atomic mass is 16.4. The van der Waals surface area contributed by atoms with Crippen molar-refractivity contribution in [2.75, 3.05) is 0 Å². The summed E-state index contributed by atoms with van der Waals surface area (Å²) in [6, 6.07) is 7.28. The van der Waals surface area contributed by atoms with Crippen molar-refractivity contribution >= 4 is 23.2 Å². The molecular weight excluding hydrogens is 232 g/mol. The van der Waals surface area contributed by atoms with Crippen LogP contribution in [0, 0.1) is 0 Å². The average molecular weight is 244 g/mol. The molecule has 18 heavy (non-hydrogen) atoms. The summed E-state index contributed by atoms with van der Waals surface area (Å²) in [4.78, 5) is 8.64. The van der Waals surface area contributed by atoms with Gasteiger partial charge in [0.2, 0.25) is 0 Å². The van der Waals surface area contributed by atoms with E-state index in [9.17, 15) is 10.2 Å². The van der Waals surface area contributed by atoms with E-state index >= 15 is 0 Å². The summed E-state index contributed by atoms with van der Waals surface area (Å²) in [5.74, 6) is 0. The lowest BCUT2D eigenvalue weighted by Crippen LogP contribution is -2.67. The molecule has 6 N–H and O–H groups in total. The second-order valence-corrected chi connectivity index (χ2v) is 4.42. The smallest absolute Gasteiger partial charge is 0.182 e. The molecule has 3 rings (SSSR count). The zero-order chi connectivity index (χ0) is 13.0. The summed E-state index contributed by atoms with van der Waals surface area (Å²) in [5.41, 5.74) is 8.30. The van der Waals surface area contributed by atoms with Crippen LogP contribution in [0.25, 0.3) is 23.2 Å². The summed E-state index contributed by atoms with van der Waals surface area (Å²) in [6.45, 7) is 0. The fraction of sp³-hybridized carbons (Fsp3) is 0.167. The maximum atomic E-state index is 9.87. The van der Waals surface area contributed by atoms with E-state index in [1.165, 1.54) is 12.2 Å². The van der Waals surface area contributed by atoms with Crippen LogP contribution in [0.2, 0.25) is 0 Å². The van der Waals surface area contributed by atoms with Crippen molar-refractivity contribution in [3.63, 3.8) is 0 Å². The van der Waals surface area contributed by atoms with Gasteiger partial charge >= 0.3 is 0 Å². The molecule has 1 aromatic heterocycles. The third kappa shape index (κ3) is 1.52. The van der Waals surface area contributed by atoms with Crippen molar-refractivity contribution in [2.24, 2.45) is 11.5 Å². The third-order valence-electron chi connectivity index (χ3n) is 2.98. The number of hydrogen-bond acceptors (Lipinski definition) is 6. The molecule has 6 heteroatoms. The first-order valence-electron chi connectivity index (χ1n) is 5.40. The van der Waals surface area contributed by atoms with Gasteiger partial charge in [-0.15, -0.1) is 0 Å². The number of nitrogens with zero attached hydrogens (tertiary/aromatic N) is 2. The van der Waals surface area contributed by atoms with Crippen molar-refractivity contribution in [3.8, 4) is 0 Å². The highest BCUT2D eigenvalue weighted by molar-refractivity contribution is 5.74.